The van der Waals surface area contributed by atoms with E-state index >= 15 is 0 Å². The molecule has 0 aliphatic carbocycles. The summed E-state index contributed by atoms with van der Waals surface area (Å²) in [6.45, 7) is 5.59. The first-order valence-corrected chi connectivity index (χ1v) is 7.65. The first kappa shape index (κ1) is 14.8. The number of hydrogen-bond acceptors (Lipinski definition) is 4. The fourth-order valence-corrected chi connectivity index (χ4v) is 2.72. The molecule has 0 saturated heterocycles. The van der Waals surface area contributed by atoms with E-state index < -0.39 is 0 Å². The lowest BCUT2D eigenvalue weighted by atomic mass is 10.2. The maximum Gasteiger partial charge on any atom is 0.251 e. The fourth-order valence-electron chi connectivity index (χ4n) is 1.83. The van der Waals surface area contributed by atoms with Gasteiger partial charge >= 0.3 is 0 Å². The number of aromatic amines is 1. The van der Waals surface area contributed by atoms with E-state index in [-0.39, 0.29) is 5.56 Å². The smallest absolute Gasteiger partial charge is 0.251 e. The second kappa shape index (κ2) is 7.26. The van der Waals surface area contributed by atoms with Crippen molar-refractivity contribution in [3.8, 4) is 0 Å². The normalized spacial score (nSPS) is 10.7. The van der Waals surface area contributed by atoms with Gasteiger partial charge < -0.3 is 10.3 Å². The molecule has 0 amide bonds. The first-order valence-electron chi connectivity index (χ1n) is 6.66. The molecule has 0 unspecified atom stereocenters. The van der Waals surface area contributed by atoms with Gasteiger partial charge in [0.15, 0.2) is 0 Å². The summed E-state index contributed by atoms with van der Waals surface area (Å²) >= 11 is 1.68. The molecule has 0 atom stereocenters. The third kappa shape index (κ3) is 4.51. The van der Waals surface area contributed by atoms with E-state index in [1.807, 2.05) is 13.0 Å². The average molecular weight is 289 g/mol. The van der Waals surface area contributed by atoms with Crippen LogP contribution in [0.2, 0.25) is 0 Å². The summed E-state index contributed by atoms with van der Waals surface area (Å²) < 4.78 is 0. The van der Waals surface area contributed by atoms with Crippen molar-refractivity contribution >= 4 is 11.8 Å². The number of H-pyrrole nitrogens is 1. The van der Waals surface area contributed by atoms with E-state index in [4.69, 9.17) is 0 Å². The van der Waals surface area contributed by atoms with Gasteiger partial charge in [-0.05, 0) is 25.6 Å². The summed E-state index contributed by atoms with van der Waals surface area (Å²) in [5.41, 5.74) is 1.93. The van der Waals surface area contributed by atoms with Gasteiger partial charge in [-0.2, -0.15) is 0 Å². The van der Waals surface area contributed by atoms with Gasteiger partial charge in [-0.15, -0.1) is 11.8 Å². The molecule has 4 nitrogen and oxygen atoms in total. The molecule has 0 aliphatic heterocycles. The standard InChI is InChI=1S/C15H19N3OS/c1-3-16-9-12-8-15(19)18-14(17-12)10-20-13-6-4-5-11(2)7-13/h4-8,16H,3,9-10H2,1-2H3,(H,17,18,19). The molecule has 0 fully saturated rings. The highest BCUT2D eigenvalue weighted by atomic mass is 32.2. The molecule has 0 aliphatic rings. The molecule has 1 aromatic heterocycles. The van der Waals surface area contributed by atoms with E-state index in [9.17, 15) is 4.79 Å². The fraction of sp³-hybridized carbons (Fsp3) is 0.333. The summed E-state index contributed by atoms with van der Waals surface area (Å²) in [7, 11) is 0. The minimum atomic E-state index is -0.0901. The van der Waals surface area contributed by atoms with Crippen LogP contribution in [0.3, 0.4) is 0 Å². The number of nitrogens with one attached hydrogen (secondary N) is 2. The van der Waals surface area contributed by atoms with E-state index in [1.165, 1.54) is 10.5 Å². The molecule has 1 heterocycles. The summed E-state index contributed by atoms with van der Waals surface area (Å²) in [5.74, 6) is 1.38. The molecular formula is C15H19N3OS. The van der Waals surface area contributed by atoms with E-state index in [0.29, 0.717) is 12.3 Å². The summed E-state index contributed by atoms with van der Waals surface area (Å²) in [5, 5.41) is 3.18. The van der Waals surface area contributed by atoms with Crippen LogP contribution in [-0.4, -0.2) is 16.5 Å². The van der Waals surface area contributed by atoms with Crippen molar-refractivity contribution in [2.24, 2.45) is 0 Å². The molecule has 0 spiro atoms. The van der Waals surface area contributed by atoms with Crippen molar-refractivity contribution in [3.05, 3.63) is 57.8 Å². The second-order valence-corrected chi connectivity index (χ2v) is 5.62. The third-order valence-electron chi connectivity index (χ3n) is 2.76. The van der Waals surface area contributed by atoms with E-state index in [0.717, 1.165) is 18.1 Å². The molecule has 1 aromatic carbocycles. The van der Waals surface area contributed by atoms with Crippen LogP contribution in [-0.2, 0) is 12.3 Å². The molecular weight excluding hydrogens is 270 g/mol. The summed E-state index contributed by atoms with van der Waals surface area (Å²) in [6.07, 6.45) is 0. The monoisotopic (exact) mass is 289 g/mol. The maximum absolute atomic E-state index is 11.6. The number of aromatic nitrogens is 2. The van der Waals surface area contributed by atoms with Gasteiger partial charge in [-0.1, -0.05) is 24.6 Å². The molecule has 106 valence electrons. The summed E-state index contributed by atoms with van der Waals surface area (Å²) in [4.78, 5) is 20.1. The van der Waals surface area contributed by atoms with E-state index in [2.05, 4.69) is 40.4 Å². The lowest BCUT2D eigenvalue weighted by Crippen LogP contribution is -2.18. The van der Waals surface area contributed by atoms with Crippen LogP contribution in [0.25, 0.3) is 0 Å². The lowest BCUT2D eigenvalue weighted by molar-refractivity contribution is 0.702. The van der Waals surface area contributed by atoms with Crippen LogP contribution in [0.4, 0.5) is 0 Å². The topological polar surface area (TPSA) is 57.8 Å². The lowest BCUT2D eigenvalue weighted by Gasteiger charge is -2.05. The molecule has 0 radical (unpaired) electrons. The molecule has 2 N–H and O–H groups in total. The number of thioether (sulfide) groups is 1. The Morgan fingerprint density at radius 1 is 1.35 bits per heavy atom. The second-order valence-electron chi connectivity index (χ2n) is 4.57. The predicted octanol–water partition coefficient (Wildman–Crippen LogP) is 2.48. The molecule has 5 heteroatoms. The minimum absolute atomic E-state index is 0.0901. The number of benzene rings is 1. The zero-order valence-corrected chi connectivity index (χ0v) is 12.6. The molecule has 2 rings (SSSR count). The van der Waals surface area contributed by atoms with Crippen molar-refractivity contribution in [3.63, 3.8) is 0 Å². The number of rotatable bonds is 6. The molecule has 20 heavy (non-hydrogen) atoms. The van der Waals surface area contributed by atoms with Crippen molar-refractivity contribution < 1.29 is 0 Å². The van der Waals surface area contributed by atoms with Crippen LogP contribution >= 0.6 is 11.8 Å². The van der Waals surface area contributed by atoms with Crippen molar-refractivity contribution in [2.45, 2.75) is 31.0 Å². The Hall–Kier alpha value is -1.59. The van der Waals surface area contributed by atoms with Crippen LogP contribution < -0.4 is 10.9 Å². The molecule has 0 saturated carbocycles. The van der Waals surface area contributed by atoms with Gasteiger partial charge in [0.1, 0.15) is 5.82 Å². The van der Waals surface area contributed by atoms with Gasteiger partial charge in [-0.25, -0.2) is 4.98 Å². The Morgan fingerprint density at radius 2 is 2.20 bits per heavy atom. The van der Waals surface area contributed by atoms with Gasteiger partial charge in [0, 0.05) is 17.5 Å². The average Bonchev–Trinajstić information content (AvgIpc) is 2.42. The number of hydrogen-bond donors (Lipinski definition) is 2. The molecule has 2 aromatic rings. The molecule has 0 bridgehead atoms. The third-order valence-corrected chi connectivity index (χ3v) is 3.77. The largest absolute Gasteiger partial charge is 0.311 e. The highest BCUT2D eigenvalue weighted by Crippen LogP contribution is 2.21. The van der Waals surface area contributed by atoms with Crippen LogP contribution in [0, 0.1) is 6.92 Å². The summed E-state index contributed by atoms with van der Waals surface area (Å²) in [6, 6.07) is 9.85. The van der Waals surface area contributed by atoms with Crippen LogP contribution in [0.1, 0.15) is 24.0 Å². The van der Waals surface area contributed by atoms with Crippen molar-refractivity contribution in [1.82, 2.24) is 15.3 Å². The Labute approximate surface area is 123 Å². The SMILES string of the molecule is CCNCc1cc(=O)[nH]c(CSc2cccc(C)c2)n1. The maximum atomic E-state index is 11.6. The van der Waals surface area contributed by atoms with Gasteiger partial charge in [0.2, 0.25) is 0 Å². The van der Waals surface area contributed by atoms with Crippen LogP contribution in [0.15, 0.2) is 40.0 Å². The zero-order valence-electron chi connectivity index (χ0n) is 11.8. The van der Waals surface area contributed by atoms with Gasteiger partial charge in [0.05, 0.1) is 11.4 Å². The highest BCUT2D eigenvalue weighted by molar-refractivity contribution is 7.98. The Balaban J connectivity index is 2.05. The van der Waals surface area contributed by atoms with Gasteiger partial charge in [0.25, 0.3) is 5.56 Å². The highest BCUT2D eigenvalue weighted by Gasteiger charge is 2.03. The van der Waals surface area contributed by atoms with Crippen molar-refractivity contribution in [1.29, 1.82) is 0 Å². The predicted molar refractivity (Wildman–Crippen MR) is 83.0 cm³/mol. The quantitative estimate of drug-likeness (QED) is 0.802. The number of nitrogens with zero attached hydrogens (tertiary/aromatic N) is 1. The first-order chi connectivity index (χ1) is 9.67. The van der Waals surface area contributed by atoms with Crippen LogP contribution in [0.5, 0.6) is 0 Å². The Morgan fingerprint density at radius 3 is 2.95 bits per heavy atom. The minimum Gasteiger partial charge on any atom is -0.311 e. The zero-order chi connectivity index (χ0) is 14.4. The number of aryl methyl sites for hydroxylation is 1. The Bertz CT molecular complexity index is 625. The van der Waals surface area contributed by atoms with Gasteiger partial charge in [-0.3, -0.25) is 4.79 Å². The Kier molecular flexibility index (Phi) is 5.38. The van der Waals surface area contributed by atoms with E-state index in [1.54, 1.807) is 17.8 Å². The van der Waals surface area contributed by atoms with Crippen molar-refractivity contribution in [2.75, 3.05) is 6.54 Å².